The Hall–Kier alpha value is -1.90. The molecule has 2 aromatic rings. The molecule has 30 heavy (non-hydrogen) atoms. The van der Waals surface area contributed by atoms with Crippen molar-refractivity contribution in [2.45, 2.75) is 44.6 Å². The predicted molar refractivity (Wildman–Crippen MR) is 121 cm³/mol. The molecule has 4 rings (SSSR count). The molecule has 2 aliphatic rings. The van der Waals surface area contributed by atoms with Crippen molar-refractivity contribution in [1.29, 1.82) is 0 Å². The Labute approximate surface area is 183 Å². The van der Waals surface area contributed by atoms with Crippen molar-refractivity contribution in [3.05, 3.63) is 45.6 Å². The molecule has 0 N–H and O–H groups in total. The number of nitrogens with zero attached hydrogens (tertiary/aromatic N) is 3. The highest BCUT2D eigenvalue weighted by Crippen LogP contribution is 2.31. The summed E-state index contributed by atoms with van der Waals surface area (Å²) >= 11 is 1.74. The van der Waals surface area contributed by atoms with Crippen molar-refractivity contribution in [1.82, 2.24) is 9.21 Å². The fourth-order valence-electron chi connectivity index (χ4n) is 4.39. The van der Waals surface area contributed by atoms with Crippen molar-refractivity contribution >= 4 is 33.0 Å². The Balaban J connectivity index is 1.73. The summed E-state index contributed by atoms with van der Waals surface area (Å²) in [7, 11) is -3.62. The van der Waals surface area contributed by atoms with Crippen LogP contribution in [0.2, 0.25) is 0 Å². The van der Waals surface area contributed by atoms with E-state index in [9.17, 15) is 13.2 Å². The third-order valence-electron chi connectivity index (χ3n) is 6.08. The smallest absolute Gasteiger partial charge is 0.256 e. The van der Waals surface area contributed by atoms with Gasteiger partial charge in [0.05, 0.1) is 10.5 Å². The molecule has 1 fully saturated rings. The molecule has 0 aliphatic carbocycles. The van der Waals surface area contributed by atoms with Gasteiger partial charge in [-0.1, -0.05) is 13.8 Å². The number of fused-ring (bicyclic) bond motifs is 1. The van der Waals surface area contributed by atoms with Gasteiger partial charge < -0.3 is 9.80 Å². The third-order valence-corrected chi connectivity index (χ3v) is 9.15. The Morgan fingerprint density at radius 1 is 1.10 bits per heavy atom. The summed E-state index contributed by atoms with van der Waals surface area (Å²) in [5.74, 6) is -0.0784. The number of rotatable bonds is 6. The van der Waals surface area contributed by atoms with Crippen LogP contribution in [0.15, 0.2) is 34.5 Å². The quantitative estimate of drug-likeness (QED) is 0.679. The minimum atomic E-state index is -3.62. The summed E-state index contributed by atoms with van der Waals surface area (Å²) in [6.07, 6.45) is 3.04. The Bertz CT molecular complexity index is 1020. The van der Waals surface area contributed by atoms with Crippen LogP contribution < -0.4 is 4.90 Å². The lowest BCUT2D eigenvalue weighted by molar-refractivity contribution is 0.0736. The lowest BCUT2D eigenvalue weighted by Gasteiger charge is -2.30. The van der Waals surface area contributed by atoms with Crippen LogP contribution in [-0.4, -0.2) is 56.3 Å². The summed E-state index contributed by atoms with van der Waals surface area (Å²) in [5, 5.41) is 2.07. The summed E-state index contributed by atoms with van der Waals surface area (Å²) in [6.45, 7) is 7.53. The van der Waals surface area contributed by atoms with Gasteiger partial charge >= 0.3 is 0 Å². The second-order valence-electron chi connectivity index (χ2n) is 7.81. The summed E-state index contributed by atoms with van der Waals surface area (Å²) < 4.78 is 27.6. The van der Waals surface area contributed by atoms with E-state index in [0.717, 1.165) is 38.0 Å². The molecular formula is C22H29N3O3S2. The summed E-state index contributed by atoms with van der Waals surface area (Å²) in [5.41, 5.74) is 2.56. The van der Waals surface area contributed by atoms with Crippen molar-refractivity contribution < 1.29 is 13.2 Å². The second-order valence-corrected chi connectivity index (χ2v) is 10.7. The van der Waals surface area contributed by atoms with Gasteiger partial charge in [-0.25, -0.2) is 8.42 Å². The van der Waals surface area contributed by atoms with Gasteiger partial charge in [0.25, 0.3) is 5.91 Å². The maximum absolute atomic E-state index is 13.6. The van der Waals surface area contributed by atoms with E-state index < -0.39 is 10.0 Å². The molecule has 3 heterocycles. The topological polar surface area (TPSA) is 60.9 Å². The maximum atomic E-state index is 13.6. The molecule has 162 valence electrons. The number of amides is 1. The number of carbonyl (C=O) groups is 1. The molecule has 0 atom stereocenters. The minimum Gasteiger partial charge on any atom is -0.371 e. The molecule has 1 saturated heterocycles. The monoisotopic (exact) mass is 447 g/mol. The largest absolute Gasteiger partial charge is 0.371 e. The molecule has 1 amide bonds. The average Bonchev–Trinajstić information content (AvgIpc) is 3.45. The number of sulfonamides is 1. The zero-order valence-electron chi connectivity index (χ0n) is 17.6. The van der Waals surface area contributed by atoms with Crippen LogP contribution in [0.1, 0.15) is 47.5 Å². The van der Waals surface area contributed by atoms with Crippen LogP contribution in [0.4, 0.5) is 5.69 Å². The van der Waals surface area contributed by atoms with Crippen LogP contribution in [0.3, 0.4) is 0 Å². The van der Waals surface area contributed by atoms with E-state index in [1.165, 1.54) is 14.7 Å². The van der Waals surface area contributed by atoms with E-state index >= 15 is 0 Å². The van der Waals surface area contributed by atoms with Gasteiger partial charge in [-0.2, -0.15) is 4.31 Å². The summed E-state index contributed by atoms with van der Waals surface area (Å²) in [4.78, 5) is 19.2. The molecule has 1 aromatic carbocycles. The van der Waals surface area contributed by atoms with Crippen LogP contribution >= 0.6 is 11.3 Å². The molecule has 0 unspecified atom stereocenters. The Morgan fingerprint density at radius 2 is 1.83 bits per heavy atom. The van der Waals surface area contributed by atoms with Crippen molar-refractivity contribution in [3.8, 4) is 0 Å². The van der Waals surface area contributed by atoms with Gasteiger partial charge in [-0.05, 0) is 54.5 Å². The third kappa shape index (κ3) is 3.88. The zero-order valence-corrected chi connectivity index (χ0v) is 19.3. The first kappa shape index (κ1) is 21.3. The number of benzene rings is 1. The highest BCUT2D eigenvalue weighted by Gasteiger charge is 2.29. The maximum Gasteiger partial charge on any atom is 0.256 e. The first-order valence-electron chi connectivity index (χ1n) is 10.7. The number of anilines is 1. The molecule has 0 spiro atoms. The number of carbonyl (C=O) groups excluding carboxylic acids is 1. The molecule has 1 aromatic heterocycles. The molecule has 0 saturated carbocycles. The van der Waals surface area contributed by atoms with Gasteiger partial charge in [-0.3, -0.25) is 4.79 Å². The summed E-state index contributed by atoms with van der Waals surface area (Å²) in [6, 6.07) is 7.18. The highest BCUT2D eigenvalue weighted by molar-refractivity contribution is 7.89. The fourth-order valence-corrected chi connectivity index (χ4v) is 6.76. The van der Waals surface area contributed by atoms with Gasteiger partial charge in [0.15, 0.2) is 0 Å². The van der Waals surface area contributed by atoms with E-state index in [2.05, 4.69) is 16.3 Å². The minimum absolute atomic E-state index is 0.0784. The van der Waals surface area contributed by atoms with Crippen LogP contribution in [0.25, 0.3) is 0 Å². The lowest BCUT2D eigenvalue weighted by Crippen LogP contribution is -2.37. The van der Waals surface area contributed by atoms with Crippen molar-refractivity contribution in [2.75, 3.05) is 37.6 Å². The van der Waals surface area contributed by atoms with E-state index in [1.807, 2.05) is 24.8 Å². The number of hydrogen-bond acceptors (Lipinski definition) is 5. The molecule has 2 aliphatic heterocycles. The lowest BCUT2D eigenvalue weighted by atomic mass is 10.1. The zero-order chi connectivity index (χ0) is 21.3. The van der Waals surface area contributed by atoms with Gasteiger partial charge in [0.2, 0.25) is 10.0 Å². The Kier molecular flexibility index (Phi) is 6.18. The average molecular weight is 448 g/mol. The second kappa shape index (κ2) is 8.69. The number of hydrogen-bond donors (Lipinski definition) is 0. The van der Waals surface area contributed by atoms with E-state index in [0.29, 0.717) is 31.7 Å². The Morgan fingerprint density at radius 3 is 2.53 bits per heavy atom. The van der Waals surface area contributed by atoms with Crippen LogP contribution in [-0.2, 0) is 23.0 Å². The predicted octanol–water partition coefficient (Wildman–Crippen LogP) is 3.58. The molecular weight excluding hydrogens is 418 g/mol. The van der Waals surface area contributed by atoms with Gasteiger partial charge in [0.1, 0.15) is 0 Å². The molecule has 0 bridgehead atoms. The van der Waals surface area contributed by atoms with Crippen molar-refractivity contribution in [2.24, 2.45) is 0 Å². The molecule has 6 nitrogen and oxygen atoms in total. The normalized spacial score (nSPS) is 16.9. The SMILES string of the molecule is CCN(CC)S(=O)(=O)c1ccc(N2CCCC2)c(C(=O)N2CCc3sccc3C2)c1. The van der Waals surface area contributed by atoms with Crippen LogP contribution in [0.5, 0.6) is 0 Å². The van der Waals surface area contributed by atoms with E-state index in [4.69, 9.17) is 0 Å². The molecule has 8 heteroatoms. The van der Waals surface area contributed by atoms with E-state index in [1.54, 1.807) is 23.5 Å². The van der Waals surface area contributed by atoms with Crippen molar-refractivity contribution in [3.63, 3.8) is 0 Å². The first-order valence-corrected chi connectivity index (χ1v) is 13.0. The standard InChI is InChI=1S/C22H29N3O3S2/c1-3-25(4-2)30(27,28)18-7-8-20(23-11-5-6-12-23)19(15-18)22(26)24-13-9-21-17(16-24)10-14-29-21/h7-8,10,14-15H,3-6,9,11-13,16H2,1-2H3. The van der Waals surface area contributed by atoms with Gasteiger partial charge in [0, 0.05) is 49.8 Å². The fraction of sp³-hybridized carbons (Fsp3) is 0.500. The highest BCUT2D eigenvalue weighted by atomic mass is 32.2. The molecule has 0 radical (unpaired) electrons. The number of thiophene rings is 1. The van der Waals surface area contributed by atoms with Crippen LogP contribution in [0, 0.1) is 0 Å². The van der Waals surface area contributed by atoms with Gasteiger partial charge in [-0.15, -0.1) is 11.3 Å². The van der Waals surface area contributed by atoms with E-state index in [-0.39, 0.29) is 10.8 Å². The first-order chi connectivity index (χ1) is 14.5.